The Kier molecular flexibility index (Phi) is 9.65. The summed E-state index contributed by atoms with van der Waals surface area (Å²) in [7, 11) is 0. The first kappa shape index (κ1) is 39.9. The first-order valence-electron chi connectivity index (χ1n) is 21.8. The summed E-state index contributed by atoms with van der Waals surface area (Å²) in [4.78, 5) is 52.3. The summed E-state index contributed by atoms with van der Waals surface area (Å²) < 4.78 is 6.21. The van der Waals surface area contributed by atoms with Crippen LogP contribution < -0.4 is 0 Å². The van der Waals surface area contributed by atoms with E-state index >= 15 is 4.79 Å². The molecule has 0 bridgehead atoms. The second-order valence-corrected chi connectivity index (χ2v) is 22.3. The van der Waals surface area contributed by atoms with E-state index < -0.39 is 17.4 Å². The number of fused-ring (bicyclic) bond motifs is 7. The maximum Gasteiger partial charge on any atom is 0.309 e. The van der Waals surface area contributed by atoms with Gasteiger partial charge in [0, 0.05) is 12.0 Å². The monoisotopic (exact) mass is 785 g/mol. The summed E-state index contributed by atoms with van der Waals surface area (Å²) >= 11 is 1.71. The Bertz CT molecular complexity index is 1880. The molecule has 56 heavy (non-hydrogen) atoms. The number of amides is 1. The number of H-pyrrole nitrogens is 1. The maximum atomic E-state index is 15.5. The molecule has 2 N–H and O–H groups in total. The first-order chi connectivity index (χ1) is 26.3. The van der Waals surface area contributed by atoms with Crippen molar-refractivity contribution in [3.8, 4) is 10.6 Å². The fourth-order valence-electron chi connectivity index (χ4n) is 15.0. The van der Waals surface area contributed by atoms with Crippen LogP contribution in [-0.2, 0) is 19.1 Å². The molecule has 2 aromatic rings. The third kappa shape index (κ3) is 5.76. The fourth-order valence-corrected chi connectivity index (χ4v) is 15.7. The van der Waals surface area contributed by atoms with E-state index in [0.29, 0.717) is 35.5 Å². The molecule has 1 amide bonds. The maximum absolute atomic E-state index is 15.5. The van der Waals surface area contributed by atoms with Crippen molar-refractivity contribution in [1.29, 1.82) is 0 Å². The van der Waals surface area contributed by atoms with Crippen molar-refractivity contribution in [2.75, 3.05) is 6.54 Å². The number of hydrogen-bond acceptors (Lipinski definition) is 6. The minimum absolute atomic E-state index is 0.00618. The number of rotatable bonds is 8. The molecule has 3 heterocycles. The van der Waals surface area contributed by atoms with E-state index in [4.69, 9.17) is 9.72 Å². The molecule has 0 radical (unpaired) electrons. The van der Waals surface area contributed by atoms with E-state index in [1.54, 1.807) is 25.2 Å². The highest BCUT2D eigenvalue weighted by Gasteiger charge is 2.72. The molecule has 5 saturated carbocycles. The van der Waals surface area contributed by atoms with Crippen molar-refractivity contribution >= 4 is 29.2 Å². The normalized spacial score (nSPS) is 40.2. The van der Waals surface area contributed by atoms with Crippen LogP contribution in [-0.4, -0.2) is 50.5 Å². The minimum Gasteiger partial charge on any atom is -0.481 e. The molecule has 1 aliphatic heterocycles. The molecule has 306 valence electrons. The molecule has 0 aromatic carbocycles. The average Bonchev–Trinajstić information content (AvgIpc) is 3.95. The zero-order chi connectivity index (χ0) is 40.2. The van der Waals surface area contributed by atoms with Crippen LogP contribution >= 0.6 is 11.3 Å². The number of nitrogens with one attached hydrogen (secondary N) is 1. The lowest BCUT2D eigenvalue weighted by molar-refractivity contribution is -0.250. The number of hydrogen-bond donors (Lipinski definition) is 2. The van der Waals surface area contributed by atoms with Crippen LogP contribution in [0.1, 0.15) is 151 Å². The smallest absolute Gasteiger partial charge is 0.309 e. The molecule has 8 nitrogen and oxygen atoms in total. The molecule has 0 spiro atoms. The number of thiophene rings is 1. The van der Waals surface area contributed by atoms with Gasteiger partial charge < -0.3 is 19.7 Å². The number of aliphatic carboxylic acids is 1. The van der Waals surface area contributed by atoms with Crippen LogP contribution in [0.4, 0.5) is 0 Å². The Balaban J connectivity index is 1.06. The van der Waals surface area contributed by atoms with Gasteiger partial charge >= 0.3 is 11.9 Å². The van der Waals surface area contributed by atoms with Gasteiger partial charge in [0.2, 0.25) is 5.91 Å². The van der Waals surface area contributed by atoms with Crippen molar-refractivity contribution in [2.24, 2.45) is 62.1 Å². The van der Waals surface area contributed by atoms with Gasteiger partial charge in [-0.25, -0.2) is 4.98 Å². The summed E-state index contributed by atoms with van der Waals surface area (Å²) in [5.74, 6) is 2.01. The van der Waals surface area contributed by atoms with Gasteiger partial charge in [-0.15, -0.1) is 11.3 Å². The second-order valence-electron chi connectivity index (χ2n) is 21.4. The third-order valence-corrected chi connectivity index (χ3v) is 19.0. The summed E-state index contributed by atoms with van der Waals surface area (Å²) in [6, 6.07) is 4.18. The predicted molar refractivity (Wildman–Crippen MR) is 220 cm³/mol. The lowest BCUT2D eigenvalue weighted by Gasteiger charge is -2.73. The zero-order valence-electron chi connectivity index (χ0n) is 35.3. The number of aromatic amines is 1. The number of esters is 1. The van der Waals surface area contributed by atoms with Gasteiger partial charge in [0.05, 0.1) is 40.1 Å². The molecule has 6 fully saturated rings. The van der Waals surface area contributed by atoms with Gasteiger partial charge in [0.25, 0.3) is 0 Å². The van der Waals surface area contributed by atoms with Crippen LogP contribution in [0.5, 0.6) is 0 Å². The third-order valence-electron chi connectivity index (χ3n) is 18.1. The number of carbonyl (C=O) groups is 3. The number of carbonyl (C=O) groups excluding carboxylic acids is 2. The van der Waals surface area contributed by atoms with E-state index in [1.165, 1.54) is 16.9 Å². The Hall–Kier alpha value is -2.94. The fraction of sp³-hybridized carbons (Fsp3) is 0.745. The molecule has 0 unspecified atom stereocenters. The number of likely N-dealkylation sites (tertiary alicyclic amines) is 1. The van der Waals surface area contributed by atoms with E-state index in [-0.39, 0.29) is 45.6 Å². The summed E-state index contributed by atoms with van der Waals surface area (Å²) in [5, 5.41) is 11.7. The van der Waals surface area contributed by atoms with E-state index in [1.807, 2.05) is 6.20 Å². The van der Waals surface area contributed by atoms with E-state index in [0.717, 1.165) is 88.7 Å². The summed E-state index contributed by atoms with van der Waals surface area (Å²) in [6.45, 7) is 23.3. The van der Waals surface area contributed by atoms with Crippen molar-refractivity contribution in [3.05, 3.63) is 41.7 Å². The number of nitrogens with zero attached hydrogens (tertiary/aromatic N) is 2. The van der Waals surface area contributed by atoms with Gasteiger partial charge in [-0.05, 0) is 155 Å². The molecule has 8 rings (SSSR count). The topological polar surface area (TPSA) is 113 Å². The van der Waals surface area contributed by atoms with Crippen LogP contribution in [0.2, 0.25) is 0 Å². The highest BCUT2D eigenvalue weighted by atomic mass is 32.1. The van der Waals surface area contributed by atoms with Gasteiger partial charge in [-0.2, -0.15) is 0 Å². The molecule has 5 aliphatic carbocycles. The Labute approximate surface area is 339 Å². The van der Waals surface area contributed by atoms with E-state index in [2.05, 4.69) is 75.5 Å². The largest absolute Gasteiger partial charge is 0.481 e. The van der Waals surface area contributed by atoms with Gasteiger partial charge in [-0.1, -0.05) is 52.8 Å². The molecule has 11 atom stereocenters. The van der Waals surface area contributed by atoms with Crippen molar-refractivity contribution in [1.82, 2.24) is 14.9 Å². The Morgan fingerprint density at radius 2 is 1.75 bits per heavy atom. The predicted octanol–water partition coefficient (Wildman–Crippen LogP) is 10.9. The van der Waals surface area contributed by atoms with Crippen LogP contribution in [0.25, 0.3) is 10.6 Å². The van der Waals surface area contributed by atoms with Crippen LogP contribution in [0.15, 0.2) is 35.9 Å². The molecule has 6 aliphatic rings. The molecular weight excluding hydrogens is 719 g/mol. The molecule has 1 saturated heterocycles. The quantitative estimate of drug-likeness (QED) is 0.204. The highest BCUT2D eigenvalue weighted by molar-refractivity contribution is 7.13. The Morgan fingerprint density at radius 3 is 2.45 bits per heavy atom. The number of carboxylic acid groups (broad SMARTS) is 1. The number of imidazole rings is 1. The molecular formula is C47H67N3O5S. The first-order valence-corrected chi connectivity index (χ1v) is 22.7. The zero-order valence-corrected chi connectivity index (χ0v) is 36.2. The lowest BCUT2D eigenvalue weighted by Crippen LogP contribution is -2.67. The summed E-state index contributed by atoms with van der Waals surface area (Å²) in [5.41, 5.74) is 0.901. The second kappa shape index (κ2) is 13.6. The van der Waals surface area contributed by atoms with Crippen LogP contribution in [0.3, 0.4) is 0 Å². The molecule has 2 aromatic heterocycles. The lowest BCUT2D eigenvalue weighted by atomic mass is 9.32. The average molecular weight is 786 g/mol. The minimum atomic E-state index is -1.15. The SMILES string of the molecule is C=C(C)[C@@H]1CC[C@]2(C(=O)N3CCC[C@H]3c3ncc(-c4cccs4)[nH]3)CC[C@]3(C)[C@H](CC[C@@H]4[C@@]5(C)CC[C@H](OC(=O)CC(C)(C)C(=O)O)C(C)(C)[C@@H]5CC[C@]43C)[C@@H]12. The van der Waals surface area contributed by atoms with Gasteiger partial charge in [-0.3, -0.25) is 14.4 Å². The van der Waals surface area contributed by atoms with Gasteiger partial charge in [0.1, 0.15) is 11.9 Å². The summed E-state index contributed by atoms with van der Waals surface area (Å²) in [6.07, 6.45) is 14.0. The molecule has 9 heteroatoms. The standard InChI is InChI=1S/C47H67N3O5S/c1-28(2)29-16-21-47(40(52)50-24-10-12-32(50)39-48-27-31(49-39)33-13-11-25-56-33)23-22-45(8)30(38(29)47)14-15-35-44(7)19-18-36(55-37(51)26-42(3,4)41(53)54)43(5,6)34(44)17-20-46(35,45)9/h11,13,25,27,29-30,32,34-36,38H,1,10,12,14-24,26H2,2-9H3,(H,48,49)(H,53,54)/t29-,30+,32-,34-,35+,36-,38+,44-,45+,46+,47-/m0/s1. The van der Waals surface area contributed by atoms with Crippen LogP contribution in [0, 0.1) is 62.1 Å². The highest BCUT2D eigenvalue weighted by Crippen LogP contribution is 2.78. The van der Waals surface area contributed by atoms with Crippen molar-refractivity contribution < 1.29 is 24.2 Å². The Morgan fingerprint density at radius 1 is 0.982 bits per heavy atom. The number of aromatic nitrogens is 2. The van der Waals surface area contributed by atoms with Crippen molar-refractivity contribution in [2.45, 2.75) is 151 Å². The van der Waals surface area contributed by atoms with E-state index in [9.17, 15) is 14.7 Å². The van der Waals surface area contributed by atoms with Gasteiger partial charge in [0.15, 0.2) is 0 Å². The number of allylic oxidation sites excluding steroid dienone is 1. The number of carboxylic acids is 1. The van der Waals surface area contributed by atoms with Crippen molar-refractivity contribution in [3.63, 3.8) is 0 Å². The number of ether oxygens (including phenoxy) is 1.